The molecule has 0 aromatic heterocycles. The SMILES string of the molecule is COCCCN1C2=C(C(=O)CC(C)(C)C2)C(c2ccc(OCc3ccc(Cl)c(Cl)c3)c(OC)c2)C2=C1CC(C)(C)CC2=O. The topological polar surface area (TPSA) is 65.1 Å². The van der Waals surface area contributed by atoms with E-state index in [9.17, 15) is 9.59 Å². The zero-order valence-electron chi connectivity index (χ0n) is 25.9. The summed E-state index contributed by atoms with van der Waals surface area (Å²) in [6, 6.07) is 11.1. The Balaban J connectivity index is 1.59. The fourth-order valence-corrected chi connectivity index (χ4v) is 7.11. The van der Waals surface area contributed by atoms with Gasteiger partial charge in [0.05, 0.1) is 17.2 Å². The van der Waals surface area contributed by atoms with Gasteiger partial charge in [-0.25, -0.2) is 0 Å². The molecule has 0 N–H and O–H groups in total. The Hall–Kier alpha value is -2.80. The lowest BCUT2D eigenvalue weighted by molar-refractivity contribution is -0.119. The minimum absolute atomic E-state index is 0.107. The molecule has 0 fully saturated rings. The molecule has 0 radical (unpaired) electrons. The maximum atomic E-state index is 14.0. The van der Waals surface area contributed by atoms with Crippen LogP contribution in [0.15, 0.2) is 58.9 Å². The molecule has 1 aliphatic heterocycles. The third-order valence-corrected chi connectivity index (χ3v) is 9.39. The van der Waals surface area contributed by atoms with Gasteiger partial charge in [-0.15, -0.1) is 0 Å². The summed E-state index contributed by atoms with van der Waals surface area (Å²) in [6.45, 7) is 10.2. The van der Waals surface area contributed by atoms with E-state index < -0.39 is 5.92 Å². The number of halogens is 2. The largest absolute Gasteiger partial charge is 0.493 e. The van der Waals surface area contributed by atoms with Crippen molar-refractivity contribution in [2.45, 2.75) is 72.3 Å². The standard InChI is InChI=1S/C35H41Cl2NO5/c1-34(2)16-25-32(27(39)18-34)31(33-26(38(25)12-7-13-41-5)17-35(3,4)19-28(33)40)22-9-11-29(30(15-22)42-6)43-20-21-8-10-23(36)24(37)14-21/h8-11,14-15,31H,7,12-13,16-20H2,1-6H3. The van der Waals surface area contributed by atoms with E-state index in [1.54, 1.807) is 26.4 Å². The summed E-state index contributed by atoms with van der Waals surface area (Å²) in [4.78, 5) is 30.3. The van der Waals surface area contributed by atoms with E-state index in [0.717, 1.165) is 52.9 Å². The van der Waals surface area contributed by atoms with E-state index in [1.807, 2.05) is 24.3 Å². The molecular formula is C35H41Cl2NO5. The summed E-state index contributed by atoms with van der Waals surface area (Å²) >= 11 is 12.3. The molecule has 2 aromatic rings. The molecule has 0 unspecified atom stereocenters. The molecule has 6 nitrogen and oxygen atoms in total. The van der Waals surface area contributed by atoms with Crippen LogP contribution in [0.1, 0.15) is 76.8 Å². The zero-order valence-corrected chi connectivity index (χ0v) is 27.5. The maximum Gasteiger partial charge on any atom is 0.162 e. The summed E-state index contributed by atoms with van der Waals surface area (Å²) < 4.78 is 17.3. The lowest BCUT2D eigenvalue weighted by atomic mass is 9.63. The maximum absolute atomic E-state index is 14.0. The van der Waals surface area contributed by atoms with Crippen LogP contribution in [-0.2, 0) is 20.9 Å². The summed E-state index contributed by atoms with van der Waals surface area (Å²) in [5.74, 6) is 0.863. The number of ketones is 2. The van der Waals surface area contributed by atoms with Crippen LogP contribution in [0.2, 0.25) is 10.0 Å². The highest BCUT2D eigenvalue weighted by Crippen LogP contribution is 2.55. The number of carbonyl (C=O) groups excluding carboxylic acids is 2. The van der Waals surface area contributed by atoms with Crippen molar-refractivity contribution in [2.24, 2.45) is 10.8 Å². The molecular weight excluding hydrogens is 585 g/mol. The van der Waals surface area contributed by atoms with Crippen LogP contribution < -0.4 is 9.47 Å². The molecule has 1 heterocycles. The van der Waals surface area contributed by atoms with Crippen LogP contribution in [0.5, 0.6) is 11.5 Å². The lowest BCUT2D eigenvalue weighted by Crippen LogP contribution is -2.44. The minimum atomic E-state index is -0.450. The van der Waals surface area contributed by atoms with Crippen LogP contribution in [0, 0.1) is 10.8 Å². The number of hydrogen-bond acceptors (Lipinski definition) is 6. The molecule has 230 valence electrons. The molecule has 0 amide bonds. The molecule has 2 aromatic carbocycles. The number of allylic oxidation sites excluding steroid dienone is 4. The number of nitrogens with zero attached hydrogens (tertiary/aromatic N) is 1. The first-order valence-electron chi connectivity index (χ1n) is 14.9. The second-order valence-electron chi connectivity index (χ2n) is 13.5. The van der Waals surface area contributed by atoms with Crippen LogP contribution in [0.3, 0.4) is 0 Å². The second kappa shape index (κ2) is 12.3. The summed E-state index contributed by atoms with van der Waals surface area (Å²) in [7, 11) is 3.30. The van der Waals surface area contributed by atoms with Gasteiger partial charge in [-0.05, 0) is 65.5 Å². The van der Waals surface area contributed by atoms with E-state index >= 15 is 0 Å². The van der Waals surface area contributed by atoms with Crippen molar-refractivity contribution >= 4 is 34.8 Å². The van der Waals surface area contributed by atoms with Crippen molar-refractivity contribution in [2.75, 3.05) is 27.4 Å². The quantitative estimate of drug-likeness (QED) is 0.261. The van der Waals surface area contributed by atoms with E-state index in [1.165, 1.54) is 0 Å². The van der Waals surface area contributed by atoms with Gasteiger partial charge in [-0.1, -0.05) is 63.0 Å². The van der Waals surface area contributed by atoms with Crippen LogP contribution in [-0.4, -0.2) is 43.8 Å². The van der Waals surface area contributed by atoms with E-state index in [2.05, 4.69) is 32.6 Å². The van der Waals surface area contributed by atoms with E-state index in [0.29, 0.717) is 47.5 Å². The number of Topliss-reactive ketones (excluding diaryl/α,β-unsaturated/α-hetero) is 2. The number of carbonyl (C=O) groups is 2. The summed E-state index contributed by atoms with van der Waals surface area (Å²) in [6.07, 6.45) is 3.23. The third kappa shape index (κ3) is 6.52. The van der Waals surface area contributed by atoms with Gasteiger partial charge in [-0.3, -0.25) is 9.59 Å². The third-order valence-electron chi connectivity index (χ3n) is 8.65. The fraction of sp³-hybridized carbons (Fsp3) is 0.486. The summed E-state index contributed by atoms with van der Waals surface area (Å²) in [5.41, 5.74) is 4.97. The van der Waals surface area contributed by atoms with Crippen molar-refractivity contribution in [3.8, 4) is 11.5 Å². The highest BCUT2D eigenvalue weighted by atomic mass is 35.5. The number of ether oxygens (including phenoxy) is 3. The average Bonchev–Trinajstić information content (AvgIpc) is 2.92. The number of methoxy groups -OCH3 is 2. The first-order chi connectivity index (χ1) is 20.3. The fourth-order valence-electron chi connectivity index (χ4n) is 6.79. The van der Waals surface area contributed by atoms with Gasteiger partial charge in [0.1, 0.15) is 6.61 Å². The first-order valence-corrected chi connectivity index (χ1v) is 15.6. The molecule has 2 aliphatic carbocycles. The van der Waals surface area contributed by atoms with Crippen molar-refractivity contribution in [3.63, 3.8) is 0 Å². The highest BCUT2D eigenvalue weighted by Gasteiger charge is 2.49. The van der Waals surface area contributed by atoms with Gasteiger partial charge in [0.25, 0.3) is 0 Å². The van der Waals surface area contributed by atoms with Crippen LogP contribution >= 0.6 is 23.2 Å². The zero-order chi connectivity index (χ0) is 31.1. The van der Waals surface area contributed by atoms with E-state index in [-0.39, 0.29) is 29.0 Å². The molecule has 0 saturated carbocycles. The normalized spacial score (nSPS) is 19.9. The Morgan fingerprint density at radius 2 is 1.44 bits per heavy atom. The Morgan fingerprint density at radius 3 is 2.00 bits per heavy atom. The summed E-state index contributed by atoms with van der Waals surface area (Å²) in [5, 5.41) is 0.952. The van der Waals surface area contributed by atoms with Crippen LogP contribution in [0.25, 0.3) is 0 Å². The Kier molecular flexibility index (Phi) is 9.04. The van der Waals surface area contributed by atoms with Crippen LogP contribution in [0.4, 0.5) is 0 Å². The number of rotatable bonds is 9. The van der Waals surface area contributed by atoms with Crippen molar-refractivity contribution < 1.29 is 23.8 Å². The predicted octanol–water partition coefficient (Wildman–Crippen LogP) is 8.30. The number of benzene rings is 2. The average molecular weight is 627 g/mol. The van der Waals surface area contributed by atoms with Crippen molar-refractivity contribution in [1.29, 1.82) is 0 Å². The number of hydrogen-bond donors (Lipinski definition) is 0. The van der Waals surface area contributed by atoms with Crippen molar-refractivity contribution in [3.05, 3.63) is 80.1 Å². The smallest absolute Gasteiger partial charge is 0.162 e. The van der Waals surface area contributed by atoms with Gasteiger partial charge in [0.2, 0.25) is 0 Å². The van der Waals surface area contributed by atoms with Crippen molar-refractivity contribution in [1.82, 2.24) is 4.90 Å². The van der Waals surface area contributed by atoms with Gasteiger partial charge in [0, 0.05) is 61.6 Å². The monoisotopic (exact) mass is 625 g/mol. The molecule has 0 spiro atoms. The molecule has 0 bridgehead atoms. The van der Waals surface area contributed by atoms with Gasteiger partial charge >= 0.3 is 0 Å². The van der Waals surface area contributed by atoms with Gasteiger partial charge in [-0.2, -0.15) is 0 Å². The molecule has 0 atom stereocenters. The second-order valence-corrected chi connectivity index (χ2v) is 14.3. The minimum Gasteiger partial charge on any atom is -0.493 e. The van der Waals surface area contributed by atoms with Gasteiger partial charge in [0.15, 0.2) is 23.1 Å². The Labute approximate surface area is 265 Å². The molecule has 0 saturated heterocycles. The molecule has 5 rings (SSSR count). The van der Waals surface area contributed by atoms with E-state index in [4.69, 9.17) is 37.4 Å². The Morgan fingerprint density at radius 1 is 0.814 bits per heavy atom. The first kappa shape index (κ1) is 31.6. The predicted molar refractivity (Wildman–Crippen MR) is 170 cm³/mol. The lowest BCUT2D eigenvalue weighted by Gasteiger charge is -2.49. The molecule has 8 heteroatoms. The highest BCUT2D eigenvalue weighted by molar-refractivity contribution is 6.42. The molecule has 3 aliphatic rings. The molecule has 43 heavy (non-hydrogen) atoms. The Bertz CT molecular complexity index is 1450. The van der Waals surface area contributed by atoms with Gasteiger partial charge < -0.3 is 19.1 Å².